The Morgan fingerprint density at radius 1 is 1.04 bits per heavy atom. The van der Waals surface area contributed by atoms with Crippen LogP contribution in [0.4, 0.5) is 0 Å². The molecule has 3 nitrogen and oxygen atoms in total. The molecule has 1 heterocycles. The minimum Gasteiger partial charge on any atom is -0.497 e. The summed E-state index contributed by atoms with van der Waals surface area (Å²) in [7, 11) is 1.69. The second-order valence-corrected chi connectivity index (χ2v) is 7.38. The molecule has 4 heteroatoms. The molecule has 0 N–H and O–H groups in total. The van der Waals surface area contributed by atoms with E-state index in [2.05, 4.69) is 60.9 Å². The molecule has 0 aliphatic carbocycles. The third kappa shape index (κ3) is 4.45. The number of hydrogen-bond acceptors (Lipinski definition) is 3. The molecular weight excluding hydrogens is 328 g/mol. The molecule has 0 atom stereocenters. The van der Waals surface area contributed by atoms with Gasteiger partial charge < -0.3 is 9.30 Å². The maximum Gasteiger partial charge on any atom is 0.168 e. The SMILES string of the molecule is COc1ccc(-c2cnc(SCc3ccccc3)n2CC(C)C)cc1. The van der Waals surface area contributed by atoms with Crippen molar-refractivity contribution in [3.8, 4) is 17.0 Å². The average molecular weight is 353 g/mol. The summed E-state index contributed by atoms with van der Waals surface area (Å²) in [6, 6.07) is 18.7. The highest BCUT2D eigenvalue weighted by molar-refractivity contribution is 7.98. The fourth-order valence-corrected chi connectivity index (χ4v) is 3.67. The van der Waals surface area contributed by atoms with Gasteiger partial charge in [0.05, 0.1) is 19.0 Å². The Bertz CT molecular complexity index is 795. The summed E-state index contributed by atoms with van der Waals surface area (Å²) in [6.45, 7) is 5.44. The number of nitrogens with zero attached hydrogens (tertiary/aromatic N) is 2. The Morgan fingerprint density at radius 2 is 1.76 bits per heavy atom. The average Bonchev–Trinajstić information content (AvgIpc) is 3.03. The molecule has 0 aliphatic rings. The Labute approximate surface area is 154 Å². The van der Waals surface area contributed by atoms with Crippen LogP contribution >= 0.6 is 11.8 Å². The van der Waals surface area contributed by atoms with Gasteiger partial charge in [-0.2, -0.15) is 0 Å². The van der Waals surface area contributed by atoms with Crippen LogP contribution in [0.2, 0.25) is 0 Å². The van der Waals surface area contributed by atoms with Crippen LogP contribution in [0.25, 0.3) is 11.3 Å². The topological polar surface area (TPSA) is 27.1 Å². The van der Waals surface area contributed by atoms with Gasteiger partial charge in [-0.15, -0.1) is 0 Å². The van der Waals surface area contributed by atoms with Crippen molar-refractivity contribution in [3.05, 3.63) is 66.4 Å². The molecule has 0 amide bonds. The summed E-state index contributed by atoms with van der Waals surface area (Å²) in [5, 5.41) is 1.07. The van der Waals surface area contributed by atoms with Crippen LogP contribution in [0.3, 0.4) is 0 Å². The number of imidazole rings is 1. The molecule has 0 unspecified atom stereocenters. The minimum atomic E-state index is 0.558. The van der Waals surface area contributed by atoms with Crippen molar-refractivity contribution in [2.45, 2.75) is 31.3 Å². The lowest BCUT2D eigenvalue weighted by Crippen LogP contribution is -2.07. The predicted octanol–water partition coefficient (Wildman–Crippen LogP) is 5.51. The van der Waals surface area contributed by atoms with Crippen LogP contribution in [0.1, 0.15) is 19.4 Å². The number of aromatic nitrogens is 2. The van der Waals surface area contributed by atoms with E-state index >= 15 is 0 Å². The van der Waals surface area contributed by atoms with Crippen LogP contribution in [-0.2, 0) is 12.3 Å². The van der Waals surface area contributed by atoms with Gasteiger partial charge in [-0.1, -0.05) is 55.9 Å². The highest BCUT2D eigenvalue weighted by atomic mass is 32.2. The van der Waals surface area contributed by atoms with E-state index in [9.17, 15) is 0 Å². The fraction of sp³-hybridized carbons (Fsp3) is 0.286. The van der Waals surface area contributed by atoms with Gasteiger partial charge in [-0.05, 0) is 35.7 Å². The lowest BCUT2D eigenvalue weighted by Gasteiger charge is -2.14. The van der Waals surface area contributed by atoms with Gasteiger partial charge in [0, 0.05) is 17.9 Å². The van der Waals surface area contributed by atoms with Crippen LogP contribution < -0.4 is 4.74 Å². The summed E-state index contributed by atoms with van der Waals surface area (Å²) in [4.78, 5) is 4.70. The molecule has 3 aromatic rings. The van der Waals surface area contributed by atoms with Gasteiger partial charge in [0.1, 0.15) is 5.75 Å². The van der Waals surface area contributed by atoms with Crippen molar-refractivity contribution >= 4 is 11.8 Å². The Morgan fingerprint density at radius 3 is 2.40 bits per heavy atom. The second-order valence-electron chi connectivity index (χ2n) is 6.43. The van der Waals surface area contributed by atoms with E-state index in [4.69, 9.17) is 9.72 Å². The van der Waals surface area contributed by atoms with Gasteiger partial charge in [-0.25, -0.2) is 4.98 Å². The number of benzene rings is 2. The normalized spacial score (nSPS) is 11.0. The zero-order valence-electron chi connectivity index (χ0n) is 15.0. The summed E-state index contributed by atoms with van der Waals surface area (Å²) >= 11 is 1.79. The monoisotopic (exact) mass is 352 g/mol. The highest BCUT2D eigenvalue weighted by Crippen LogP contribution is 2.30. The fourth-order valence-electron chi connectivity index (χ4n) is 2.73. The summed E-state index contributed by atoms with van der Waals surface area (Å²) in [6.07, 6.45) is 1.98. The van der Waals surface area contributed by atoms with Crippen LogP contribution in [0.15, 0.2) is 66.0 Å². The lowest BCUT2D eigenvalue weighted by molar-refractivity contribution is 0.415. The van der Waals surface area contributed by atoms with Crippen molar-refractivity contribution in [1.29, 1.82) is 0 Å². The zero-order chi connectivity index (χ0) is 17.6. The maximum absolute atomic E-state index is 5.27. The first-order valence-corrected chi connectivity index (χ1v) is 9.52. The maximum atomic E-state index is 5.27. The van der Waals surface area contributed by atoms with Gasteiger partial charge in [0.25, 0.3) is 0 Å². The Hall–Kier alpha value is -2.20. The first-order chi connectivity index (χ1) is 12.2. The van der Waals surface area contributed by atoms with Gasteiger partial charge in [-0.3, -0.25) is 0 Å². The van der Waals surface area contributed by atoms with Crippen molar-refractivity contribution in [1.82, 2.24) is 9.55 Å². The summed E-state index contributed by atoms with van der Waals surface area (Å²) in [5.41, 5.74) is 3.64. The third-order valence-corrected chi connectivity index (χ3v) is 5.02. The molecule has 0 bridgehead atoms. The molecule has 2 aromatic carbocycles. The summed E-state index contributed by atoms with van der Waals surface area (Å²) in [5.74, 6) is 2.36. The Balaban J connectivity index is 1.86. The van der Waals surface area contributed by atoms with Crippen molar-refractivity contribution in [2.75, 3.05) is 7.11 Å². The first kappa shape index (κ1) is 17.6. The lowest BCUT2D eigenvalue weighted by atomic mass is 10.1. The number of methoxy groups -OCH3 is 1. The van der Waals surface area contributed by atoms with E-state index in [1.54, 1.807) is 18.9 Å². The molecule has 0 aliphatic heterocycles. The summed E-state index contributed by atoms with van der Waals surface area (Å²) < 4.78 is 7.60. The standard InChI is InChI=1S/C21H24N2OS/c1-16(2)14-23-20(18-9-11-19(24-3)12-10-18)13-22-21(23)25-15-17-7-5-4-6-8-17/h4-13,16H,14-15H2,1-3H3. The minimum absolute atomic E-state index is 0.558. The molecule has 0 radical (unpaired) electrons. The van der Waals surface area contributed by atoms with Gasteiger partial charge in [0.15, 0.2) is 5.16 Å². The molecular formula is C21H24N2OS. The van der Waals surface area contributed by atoms with E-state index in [1.807, 2.05) is 18.3 Å². The first-order valence-electron chi connectivity index (χ1n) is 8.54. The number of rotatable bonds is 7. The van der Waals surface area contributed by atoms with Crippen LogP contribution in [-0.4, -0.2) is 16.7 Å². The highest BCUT2D eigenvalue weighted by Gasteiger charge is 2.13. The van der Waals surface area contributed by atoms with E-state index < -0.39 is 0 Å². The molecule has 25 heavy (non-hydrogen) atoms. The number of ether oxygens (including phenoxy) is 1. The van der Waals surface area contributed by atoms with Crippen molar-refractivity contribution in [2.24, 2.45) is 5.92 Å². The van der Waals surface area contributed by atoms with E-state index in [0.29, 0.717) is 5.92 Å². The molecule has 0 saturated carbocycles. The Kier molecular flexibility index (Phi) is 5.82. The largest absolute Gasteiger partial charge is 0.497 e. The quantitative estimate of drug-likeness (QED) is 0.525. The number of hydrogen-bond donors (Lipinski definition) is 0. The number of thioether (sulfide) groups is 1. The molecule has 0 fully saturated rings. The third-order valence-electron chi connectivity index (χ3n) is 3.96. The molecule has 3 rings (SSSR count). The molecule has 1 aromatic heterocycles. The smallest absolute Gasteiger partial charge is 0.168 e. The van der Waals surface area contributed by atoms with Crippen molar-refractivity contribution < 1.29 is 4.74 Å². The van der Waals surface area contributed by atoms with Crippen molar-refractivity contribution in [3.63, 3.8) is 0 Å². The second kappa shape index (κ2) is 8.26. The van der Waals surface area contributed by atoms with E-state index in [0.717, 1.165) is 28.9 Å². The zero-order valence-corrected chi connectivity index (χ0v) is 15.8. The van der Waals surface area contributed by atoms with Gasteiger partial charge in [0.2, 0.25) is 0 Å². The molecule has 130 valence electrons. The van der Waals surface area contributed by atoms with Gasteiger partial charge >= 0.3 is 0 Å². The van der Waals surface area contributed by atoms with E-state index in [-0.39, 0.29) is 0 Å². The van der Waals surface area contributed by atoms with Crippen LogP contribution in [0.5, 0.6) is 5.75 Å². The predicted molar refractivity (Wildman–Crippen MR) is 105 cm³/mol. The molecule has 0 spiro atoms. The molecule has 0 saturated heterocycles. The van der Waals surface area contributed by atoms with E-state index in [1.165, 1.54) is 11.1 Å². The van der Waals surface area contributed by atoms with Crippen LogP contribution in [0, 0.1) is 5.92 Å².